The van der Waals surface area contributed by atoms with Gasteiger partial charge in [-0.25, -0.2) is 9.37 Å². The zero-order valence-electron chi connectivity index (χ0n) is 12.8. The Kier molecular flexibility index (Phi) is 5.47. The third-order valence-corrected chi connectivity index (χ3v) is 3.05. The van der Waals surface area contributed by atoms with Crippen molar-refractivity contribution in [2.45, 2.75) is 26.3 Å². The molecule has 1 heterocycles. The highest BCUT2D eigenvalue weighted by molar-refractivity contribution is 5.94. The lowest BCUT2D eigenvalue weighted by molar-refractivity contribution is 0.0954. The Morgan fingerprint density at radius 3 is 2.73 bits per heavy atom. The molecule has 0 saturated carbocycles. The summed E-state index contributed by atoms with van der Waals surface area (Å²) < 4.78 is 13.0. The van der Waals surface area contributed by atoms with Gasteiger partial charge < -0.3 is 10.6 Å². The van der Waals surface area contributed by atoms with Crippen molar-refractivity contribution in [3.63, 3.8) is 0 Å². The van der Waals surface area contributed by atoms with Gasteiger partial charge in [0.05, 0.1) is 5.56 Å². The summed E-state index contributed by atoms with van der Waals surface area (Å²) in [6.07, 6.45) is 2.13. The number of carbonyl (C=O) groups excluding carboxylic acids is 1. The number of rotatable bonds is 6. The molecule has 0 aliphatic heterocycles. The standard InChI is InChI=1S/C17H20FN3O/c1-12(2)21-16-7-6-14(11-20-16)17(22)19-9-8-13-4-3-5-15(18)10-13/h3-7,10-12H,8-9H2,1-2H3,(H,19,22)(H,20,21). The highest BCUT2D eigenvalue weighted by Gasteiger charge is 2.06. The molecular weight excluding hydrogens is 281 g/mol. The van der Waals surface area contributed by atoms with Gasteiger partial charge in [0.1, 0.15) is 11.6 Å². The van der Waals surface area contributed by atoms with Crippen molar-refractivity contribution in [3.8, 4) is 0 Å². The van der Waals surface area contributed by atoms with E-state index < -0.39 is 0 Å². The largest absolute Gasteiger partial charge is 0.368 e. The first-order valence-electron chi connectivity index (χ1n) is 7.30. The Hall–Kier alpha value is -2.43. The Bertz CT molecular complexity index is 626. The Labute approximate surface area is 129 Å². The average Bonchev–Trinajstić information content (AvgIpc) is 2.47. The molecule has 22 heavy (non-hydrogen) atoms. The lowest BCUT2D eigenvalue weighted by atomic mass is 10.1. The van der Waals surface area contributed by atoms with Gasteiger partial charge in [-0.15, -0.1) is 0 Å². The van der Waals surface area contributed by atoms with Crippen molar-refractivity contribution in [1.82, 2.24) is 10.3 Å². The van der Waals surface area contributed by atoms with Crippen LogP contribution in [0.4, 0.5) is 10.2 Å². The fraction of sp³-hybridized carbons (Fsp3) is 0.294. The van der Waals surface area contributed by atoms with E-state index in [0.29, 0.717) is 24.6 Å². The monoisotopic (exact) mass is 301 g/mol. The molecule has 1 amide bonds. The maximum Gasteiger partial charge on any atom is 0.252 e. The topological polar surface area (TPSA) is 54.0 Å². The number of anilines is 1. The highest BCUT2D eigenvalue weighted by atomic mass is 19.1. The summed E-state index contributed by atoms with van der Waals surface area (Å²) in [6, 6.07) is 10.2. The maximum absolute atomic E-state index is 13.0. The van der Waals surface area contributed by atoms with Crippen molar-refractivity contribution in [2.24, 2.45) is 0 Å². The van der Waals surface area contributed by atoms with Crippen LogP contribution < -0.4 is 10.6 Å². The van der Waals surface area contributed by atoms with Crippen LogP contribution in [0.3, 0.4) is 0 Å². The number of benzene rings is 1. The smallest absolute Gasteiger partial charge is 0.252 e. The number of hydrogen-bond acceptors (Lipinski definition) is 3. The first kappa shape index (κ1) is 15.9. The Balaban J connectivity index is 1.84. The van der Waals surface area contributed by atoms with E-state index in [-0.39, 0.29) is 11.7 Å². The molecule has 0 radical (unpaired) electrons. The Morgan fingerprint density at radius 1 is 1.27 bits per heavy atom. The summed E-state index contributed by atoms with van der Waals surface area (Å²) in [5.74, 6) is 0.299. The third kappa shape index (κ3) is 4.84. The molecule has 0 spiro atoms. The molecule has 0 aliphatic rings. The van der Waals surface area contributed by atoms with Crippen LogP contribution in [0, 0.1) is 5.82 Å². The zero-order valence-corrected chi connectivity index (χ0v) is 12.8. The van der Waals surface area contributed by atoms with E-state index in [4.69, 9.17) is 0 Å². The van der Waals surface area contributed by atoms with Crippen LogP contribution in [0.2, 0.25) is 0 Å². The first-order chi connectivity index (χ1) is 10.5. The number of aromatic nitrogens is 1. The summed E-state index contributed by atoms with van der Waals surface area (Å²) >= 11 is 0. The summed E-state index contributed by atoms with van der Waals surface area (Å²) in [5.41, 5.74) is 1.36. The maximum atomic E-state index is 13.0. The van der Waals surface area contributed by atoms with Gasteiger partial charge in [-0.2, -0.15) is 0 Å². The highest BCUT2D eigenvalue weighted by Crippen LogP contribution is 2.07. The number of nitrogens with one attached hydrogen (secondary N) is 2. The average molecular weight is 301 g/mol. The number of halogens is 1. The summed E-state index contributed by atoms with van der Waals surface area (Å²) in [6.45, 7) is 4.50. The molecule has 4 nitrogen and oxygen atoms in total. The van der Waals surface area contributed by atoms with Gasteiger partial charge >= 0.3 is 0 Å². The normalized spacial score (nSPS) is 10.5. The van der Waals surface area contributed by atoms with Gasteiger partial charge in [0.15, 0.2) is 0 Å². The van der Waals surface area contributed by atoms with Crippen LogP contribution in [-0.4, -0.2) is 23.5 Å². The molecule has 5 heteroatoms. The molecule has 116 valence electrons. The lowest BCUT2D eigenvalue weighted by Gasteiger charge is -2.09. The van der Waals surface area contributed by atoms with Crippen LogP contribution in [-0.2, 0) is 6.42 Å². The molecule has 0 fully saturated rings. The summed E-state index contributed by atoms with van der Waals surface area (Å²) in [7, 11) is 0. The van der Waals surface area contributed by atoms with E-state index in [1.54, 1.807) is 24.4 Å². The van der Waals surface area contributed by atoms with Crippen molar-refractivity contribution < 1.29 is 9.18 Å². The quantitative estimate of drug-likeness (QED) is 0.862. The third-order valence-electron chi connectivity index (χ3n) is 3.05. The molecule has 0 aliphatic carbocycles. The van der Waals surface area contributed by atoms with Crippen LogP contribution in [0.5, 0.6) is 0 Å². The molecule has 2 N–H and O–H groups in total. The molecule has 0 atom stereocenters. The number of amides is 1. The number of pyridine rings is 1. The summed E-state index contributed by atoms with van der Waals surface area (Å²) in [4.78, 5) is 16.2. The zero-order chi connectivity index (χ0) is 15.9. The predicted octanol–water partition coefficient (Wildman–Crippen LogP) is 3.01. The van der Waals surface area contributed by atoms with E-state index in [1.165, 1.54) is 12.1 Å². The van der Waals surface area contributed by atoms with Gasteiger partial charge in [0, 0.05) is 18.8 Å². The molecule has 1 aromatic carbocycles. The van der Waals surface area contributed by atoms with Gasteiger partial charge in [-0.1, -0.05) is 12.1 Å². The molecule has 0 bridgehead atoms. The van der Waals surface area contributed by atoms with Crippen LogP contribution in [0.1, 0.15) is 29.8 Å². The molecule has 0 saturated heterocycles. The second-order valence-electron chi connectivity index (χ2n) is 5.37. The number of nitrogens with zero attached hydrogens (tertiary/aromatic N) is 1. The fourth-order valence-corrected chi connectivity index (χ4v) is 2.02. The number of hydrogen-bond donors (Lipinski definition) is 2. The van der Waals surface area contributed by atoms with Crippen LogP contribution in [0.25, 0.3) is 0 Å². The second-order valence-corrected chi connectivity index (χ2v) is 5.37. The van der Waals surface area contributed by atoms with Crippen molar-refractivity contribution in [1.29, 1.82) is 0 Å². The van der Waals surface area contributed by atoms with Crippen LogP contribution in [0.15, 0.2) is 42.6 Å². The fourth-order valence-electron chi connectivity index (χ4n) is 2.02. The van der Waals surface area contributed by atoms with Gasteiger partial charge in [0.25, 0.3) is 5.91 Å². The first-order valence-corrected chi connectivity index (χ1v) is 7.30. The minimum absolute atomic E-state index is 0.181. The van der Waals surface area contributed by atoms with Gasteiger partial charge in [0.2, 0.25) is 0 Å². The Morgan fingerprint density at radius 2 is 2.09 bits per heavy atom. The minimum atomic E-state index is -0.263. The molecule has 0 unspecified atom stereocenters. The van der Waals surface area contributed by atoms with Crippen LogP contribution >= 0.6 is 0 Å². The van der Waals surface area contributed by atoms with Crippen molar-refractivity contribution in [2.75, 3.05) is 11.9 Å². The summed E-state index contributed by atoms with van der Waals surface area (Å²) in [5, 5.41) is 5.97. The van der Waals surface area contributed by atoms with Crippen molar-refractivity contribution in [3.05, 3.63) is 59.5 Å². The van der Waals surface area contributed by atoms with Gasteiger partial charge in [-0.05, 0) is 50.1 Å². The molecule has 2 rings (SSSR count). The van der Waals surface area contributed by atoms with Crippen molar-refractivity contribution >= 4 is 11.7 Å². The SMILES string of the molecule is CC(C)Nc1ccc(C(=O)NCCc2cccc(F)c2)cn1. The molecule has 1 aromatic heterocycles. The van der Waals surface area contributed by atoms with E-state index in [1.807, 2.05) is 19.9 Å². The van der Waals surface area contributed by atoms with E-state index in [9.17, 15) is 9.18 Å². The molecular formula is C17H20FN3O. The number of carbonyl (C=O) groups is 1. The second kappa shape index (κ2) is 7.54. The van der Waals surface area contributed by atoms with E-state index in [0.717, 1.165) is 11.4 Å². The van der Waals surface area contributed by atoms with E-state index >= 15 is 0 Å². The lowest BCUT2D eigenvalue weighted by Crippen LogP contribution is -2.25. The van der Waals surface area contributed by atoms with Gasteiger partial charge in [-0.3, -0.25) is 4.79 Å². The predicted molar refractivity (Wildman–Crippen MR) is 85.4 cm³/mol. The van der Waals surface area contributed by atoms with E-state index in [2.05, 4.69) is 15.6 Å². The molecule has 2 aromatic rings. The minimum Gasteiger partial charge on any atom is -0.368 e.